The molecule has 1 atom stereocenters. The molecule has 0 bridgehead atoms. The maximum absolute atomic E-state index is 12.6. The summed E-state index contributed by atoms with van der Waals surface area (Å²) in [6.07, 6.45) is -4.21. The fraction of sp³-hybridized carbons (Fsp3) is 0.889. The van der Waals surface area contributed by atoms with Gasteiger partial charge in [0, 0.05) is 5.92 Å². The second-order valence-electron chi connectivity index (χ2n) is 4.39. The first kappa shape index (κ1) is 14.4. The summed E-state index contributed by atoms with van der Waals surface area (Å²) in [6.45, 7) is 2.60. The summed E-state index contributed by atoms with van der Waals surface area (Å²) in [5.41, 5.74) is 0. The van der Waals surface area contributed by atoms with E-state index in [1.54, 1.807) is 0 Å². The molecule has 1 unspecified atom stereocenters. The number of ketones is 1. The van der Waals surface area contributed by atoms with Gasteiger partial charge in [-0.1, -0.05) is 13.8 Å². The number of carbonyl (C=O) groups excluding carboxylic acids is 1. The molecular formula is C9H14F3NO3S. The van der Waals surface area contributed by atoms with Crippen LogP contribution in [0.15, 0.2) is 0 Å². The van der Waals surface area contributed by atoms with Crippen molar-refractivity contribution < 1.29 is 26.4 Å². The zero-order valence-corrected chi connectivity index (χ0v) is 10.2. The molecule has 0 aromatic rings. The average molecular weight is 273 g/mol. The van der Waals surface area contributed by atoms with E-state index in [1.165, 1.54) is 18.6 Å². The van der Waals surface area contributed by atoms with Gasteiger partial charge in [0.05, 0.1) is 5.25 Å². The Kier molecular flexibility index (Phi) is 3.87. The van der Waals surface area contributed by atoms with Gasteiger partial charge in [0.1, 0.15) is 0 Å². The lowest BCUT2D eigenvalue weighted by Crippen LogP contribution is -2.52. The van der Waals surface area contributed by atoms with E-state index in [4.69, 9.17) is 0 Å². The van der Waals surface area contributed by atoms with Gasteiger partial charge in [-0.25, -0.2) is 8.42 Å². The SMILES string of the molecule is CC(C)C(=O)C(NS(=O)(=O)C1CC1)C(F)(F)F. The van der Waals surface area contributed by atoms with Crippen molar-refractivity contribution in [2.75, 3.05) is 0 Å². The number of nitrogens with one attached hydrogen (secondary N) is 1. The summed E-state index contributed by atoms with van der Waals surface area (Å²) in [4.78, 5) is 11.4. The first-order chi connectivity index (χ1) is 7.55. The van der Waals surface area contributed by atoms with Crippen molar-refractivity contribution in [3.8, 4) is 0 Å². The number of alkyl halides is 3. The van der Waals surface area contributed by atoms with Crippen LogP contribution in [-0.4, -0.2) is 31.7 Å². The molecular weight excluding hydrogens is 259 g/mol. The first-order valence-electron chi connectivity index (χ1n) is 5.17. The van der Waals surface area contributed by atoms with Crippen molar-refractivity contribution in [1.82, 2.24) is 4.72 Å². The maximum Gasteiger partial charge on any atom is 0.411 e. The predicted molar refractivity (Wildman–Crippen MR) is 54.8 cm³/mol. The average Bonchev–Trinajstić information content (AvgIpc) is 2.94. The van der Waals surface area contributed by atoms with E-state index >= 15 is 0 Å². The highest BCUT2D eigenvalue weighted by molar-refractivity contribution is 7.90. The zero-order chi connectivity index (χ0) is 13.4. The molecule has 0 radical (unpaired) electrons. The third-order valence-electron chi connectivity index (χ3n) is 2.43. The molecule has 1 fully saturated rings. The zero-order valence-electron chi connectivity index (χ0n) is 9.41. The van der Waals surface area contributed by atoms with Crippen LogP contribution in [0.2, 0.25) is 0 Å². The van der Waals surface area contributed by atoms with E-state index < -0.39 is 39.2 Å². The Labute approximate surface area is 97.6 Å². The minimum Gasteiger partial charge on any atom is -0.297 e. The van der Waals surface area contributed by atoms with Crippen LogP contribution in [0.1, 0.15) is 26.7 Å². The summed E-state index contributed by atoms with van der Waals surface area (Å²) in [5, 5.41) is -0.785. The maximum atomic E-state index is 12.6. The van der Waals surface area contributed by atoms with E-state index in [0.717, 1.165) is 0 Å². The number of carbonyl (C=O) groups is 1. The topological polar surface area (TPSA) is 63.2 Å². The molecule has 0 aromatic carbocycles. The molecule has 100 valence electrons. The summed E-state index contributed by atoms with van der Waals surface area (Å²) in [6, 6.07) is -2.63. The molecule has 0 heterocycles. The Morgan fingerprint density at radius 1 is 1.29 bits per heavy atom. The van der Waals surface area contributed by atoms with Crippen LogP contribution >= 0.6 is 0 Å². The number of halogens is 3. The molecule has 0 spiro atoms. The molecule has 0 aliphatic heterocycles. The van der Waals surface area contributed by atoms with Gasteiger partial charge >= 0.3 is 6.18 Å². The first-order valence-corrected chi connectivity index (χ1v) is 6.72. The Hall–Kier alpha value is -0.630. The van der Waals surface area contributed by atoms with Gasteiger partial charge in [0.15, 0.2) is 11.8 Å². The number of Topliss-reactive ketones (excluding diaryl/α,β-unsaturated/α-hetero) is 1. The van der Waals surface area contributed by atoms with E-state index in [1.807, 2.05) is 0 Å². The van der Waals surface area contributed by atoms with Gasteiger partial charge in [-0.3, -0.25) is 4.79 Å². The highest BCUT2D eigenvalue weighted by Gasteiger charge is 2.49. The standard InChI is InChI=1S/C9H14F3NO3S/c1-5(2)7(14)8(9(10,11)12)13-17(15,16)6-3-4-6/h5-6,8,13H,3-4H2,1-2H3. The highest BCUT2D eigenvalue weighted by Crippen LogP contribution is 2.30. The third-order valence-corrected chi connectivity index (χ3v) is 4.34. The molecule has 1 saturated carbocycles. The van der Waals surface area contributed by atoms with E-state index in [-0.39, 0.29) is 0 Å². The molecule has 0 aromatic heterocycles. The molecule has 1 rings (SSSR count). The van der Waals surface area contributed by atoms with Crippen LogP contribution in [0.4, 0.5) is 13.2 Å². The molecule has 8 heteroatoms. The summed E-state index contributed by atoms with van der Waals surface area (Å²) in [7, 11) is -4.04. The van der Waals surface area contributed by atoms with Gasteiger partial charge in [-0.2, -0.15) is 17.9 Å². The van der Waals surface area contributed by atoms with E-state index in [2.05, 4.69) is 0 Å². The largest absolute Gasteiger partial charge is 0.411 e. The fourth-order valence-corrected chi connectivity index (χ4v) is 2.79. The van der Waals surface area contributed by atoms with Gasteiger partial charge in [0.2, 0.25) is 10.0 Å². The minimum absolute atomic E-state index is 0.343. The number of hydrogen-bond donors (Lipinski definition) is 1. The second kappa shape index (κ2) is 4.56. The Balaban J connectivity index is 2.89. The van der Waals surface area contributed by atoms with Crippen molar-refractivity contribution in [2.24, 2.45) is 5.92 Å². The number of sulfonamides is 1. The van der Waals surface area contributed by atoms with Crippen LogP contribution in [0.5, 0.6) is 0 Å². The molecule has 1 N–H and O–H groups in total. The van der Waals surface area contributed by atoms with Crippen LogP contribution in [0, 0.1) is 5.92 Å². The second-order valence-corrected chi connectivity index (χ2v) is 6.39. The Morgan fingerprint density at radius 3 is 2.06 bits per heavy atom. The summed E-state index contributed by atoms with van der Waals surface area (Å²) < 4.78 is 62.1. The highest BCUT2D eigenvalue weighted by atomic mass is 32.2. The molecule has 1 aliphatic rings. The predicted octanol–water partition coefficient (Wildman–Crippen LogP) is 1.22. The van der Waals surface area contributed by atoms with Crippen molar-refractivity contribution in [2.45, 2.75) is 44.2 Å². The van der Waals surface area contributed by atoms with Gasteiger partial charge < -0.3 is 0 Å². The van der Waals surface area contributed by atoms with E-state index in [9.17, 15) is 26.4 Å². The van der Waals surface area contributed by atoms with Gasteiger partial charge in [-0.05, 0) is 12.8 Å². The van der Waals surface area contributed by atoms with Crippen molar-refractivity contribution >= 4 is 15.8 Å². The van der Waals surface area contributed by atoms with Gasteiger partial charge in [-0.15, -0.1) is 0 Å². The summed E-state index contributed by atoms with van der Waals surface area (Å²) in [5.74, 6) is -2.05. The molecule has 17 heavy (non-hydrogen) atoms. The van der Waals surface area contributed by atoms with Crippen molar-refractivity contribution in [3.63, 3.8) is 0 Å². The monoisotopic (exact) mass is 273 g/mol. The van der Waals surface area contributed by atoms with Crippen molar-refractivity contribution in [3.05, 3.63) is 0 Å². The number of hydrogen-bond acceptors (Lipinski definition) is 3. The minimum atomic E-state index is -4.90. The normalized spacial score (nSPS) is 19.4. The van der Waals surface area contributed by atoms with Crippen LogP contribution in [0.3, 0.4) is 0 Å². The van der Waals surface area contributed by atoms with Crippen molar-refractivity contribution in [1.29, 1.82) is 0 Å². The Bertz CT molecular complexity index is 398. The molecule has 4 nitrogen and oxygen atoms in total. The van der Waals surface area contributed by atoms with E-state index in [0.29, 0.717) is 12.8 Å². The van der Waals surface area contributed by atoms with Crippen LogP contribution in [-0.2, 0) is 14.8 Å². The van der Waals surface area contributed by atoms with Crippen LogP contribution < -0.4 is 4.72 Å². The quantitative estimate of drug-likeness (QED) is 0.819. The fourth-order valence-electron chi connectivity index (χ4n) is 1.26. The molecule has 0 saturated heterocycles. The molecule has 1 aliphatic carbocycles. The summed E-state index contributed by atoms with van der Waals surface area (Å²) >= 11 is 0. The van der Waals surface area contributed by atoms with Gasteiger partial charge in [0.25, 0.3) is 0 Å². The lowest BCUT2D eigenvalue weighted by Gasteiger charge is -2.21. The molecule has 0 amide bonds. The Morgan fingerprint density at radius 2 is 1.76 bits per heavy atom. The lowest BCUT2D eigenvalue weighted by atomic mass is 10.0. The third kappa shape index (κ3) is 3.67. The lowest BCUT2D eigenvalue weighted by molar-refractivity contribution is -0.166. The number of rotatable bonds is 5. The smallest absolute Gasteiger partial charge is 0.297 e. The van der Waals surface area contributed by atoms with Crippen LogP contribution in [0.25, 0.3) is 0 Å².